The third-order valence-electron chi connectivity index (χ3n) is 4.61. The summed E-state index contributed by atoms with van der Waals surface area (Å²) < 4.78 is 14.7. The number of halogens is 2. The third kappa shape index (κ3) is 2.99. The van der Waals surface area contributed by atoms with E-state index in [2.05, 4.69) is 27.8 Å². The fourth-order valence-electron chi connectivity index (χ4n) is 3.45. The Morgan fingerprint density at radius 3 is 2.90 bits per heavy atom. The van der Waals surface area contributed by atoms with Gasteiger partial charge >= 0.3 is 0 Å². The molecule has 2 heterocycles. The van der Waals surface area contributed by atoms with Crippen molar-refractivity contribution < 1.29 is 9.18 Å². The van der Waals surface area contributed by atoms with Gasteiger partial charge in [0.25, 0.3) is 5.91 Å². The Balaban J connectivity index is 1.80. The van der Waals surface area contributed by atoms with Crippen molar-refractivity contribution in [3.05, 3.63) is 34.1 Å². The first-order valence-electron chi connectivity index (χ1n) is 7.56. The maximum absolute atomic E-state index is 14.0. The lowest BCUT2D eigenvalue weighted by molar-refractivity contribution is 0.0149. The highest BCUT2D eigenvalue weighted by Gasteiger charge is 2.36. The van der Waals surface area contributed by atoms with Crippen LogP contribution in [-0.4, -0.2) is 47.4 Å². The molecule has 114 valence electrons. The predicted molar refractivity (Wildman–Crippen MR) is 83.8 cm³/mol. The van der Waals surface area contributed by atoms with E-state index in [1.807, 2.05) is 4.90 Å². The molecule has 0 spiro atoms. The third-order valence-corrected chi connectivity index (χ3v) is 5.10. The quantitative estimate of drug-likeness (QED) is 0.772. The summed E-state index contributed by atoms with van der Waals surface area (Å²) in [6, 6.07) is 5.22. The van der Waals surface area contributed by atoms with Crippen molar-refractivity contribution in [2.24, 2.45) is 0 Å². The van der Waals surface area contributed by atoms with Crippen molar-refractivity contribution in [2.45, 2.75) is 38.3 Å². The molecule has 1 aromatic carbocycles. The first-order valence-corrected chi connectivity index (χ1v) is 8.35. The Morgan fingerprint density at radius 2 is 2.14 bits per heavy atom. The Labute approximate surface area is 133 Å². The molecule has 2 unspecified atom stereocenters. The monoisotopic (exact) mass is 354 g/mol. The number of rotatable bonds is 1. The zero-order valence-corrected chi connectivity index (χ0v) is 13.8. The summed E-state index contributed by atoms with van der Waals surface area (Å²) in [5, 5.41) is 0. The lowest BCUT2D eigenvalue weighted by Gasteiger charge is -2.47. The van der Waals surface area contributed by atoms with Crippen LogP contribution in [0.5, 0.6) is 0 Å². The van der Waals surface area contributed by atoms with Gasteiger partial charge in [0, 0.05) is 29.6 Å². The number of benzene rings is 1. The molecule has 0 saturated carbocycles. The number of hydrogen-bond acceptors (Lipinski definition) is 2. The van der Waals surface area contributed by atoms with Crippen LogP contribution in [0.3, 0.4) is 0 Å². The van der Waals surface area contributed by atoms with Crippen molar-refractivity contribution >= 4 is 21.8 Å². The second-order valence-electron chi connectivity index (χ2n) is 6.08. The normalized spacial score (nSPS) is 26.5. The SMILES string of the molecule is CC1CN2CCCCC2CN1C(=O)c1ccc(Br)cc1F. The second-order valence-corrected chi connectivity index (χ2v) is 6.99. The minimum absolute atomic E-state index is 0.134. The van der Waals surface area contributed by atoms with E-state index in [4.69, 9.17) is 0 Å². The lowest BCUT2D eigenvalue weighted by Crippen LogP contribution is -2.60. The van der Waals surface area contributed by atoms with Crippen LogP contribution in [-0.2, 0) is 0 Å². The van der Waals surface area contributed by atoms with E-state index in [1.54, 1.807) is 12.1 Å². The standard InChI is InChI=1S/C16H20BrFN2O/c1-11-9-19-7-3-2-4-13(19)10-20(11)16(21)14-6-5-12(17)8-15(14)18/h5-6,8,11,13H,2-4,7,9-10H2,1H3. The number of carbonyl (C=O) groups excluding carboxylic acids is 1. The maximum Gasteiger partial charge on any atom is 0.257 e. The summed E-state index contributed by atoms with van der Waals surface area (Å²) >= 11 is 3.23. The molecule has 2 aliphatic heterocycles. The van der Waals surface area contributed by atoms with Crippen LogP contribution in [0.25, 0.3) is 0 Å². The number of hydrogen-bond donors (Lipinski definition) is 0. The summed E-state index contributed by atoms with van der Waals surface area (Å²) in [5.74, 6) is -0.634. The molecule has 2 atom stereocenters. The van der Waals surface area contributed by atoms with Crippen molar-refractivity contribution in [1.29, 1.82) is 0 Å². The van der Waals surface area contributed by atoms with Gasteiger partial charge < -0.3 is 4.90 Å². The number of carbonyl (C=O) groups is 1. The summed E-state index contributed by atoms with van der Waals surface area (Å²) in [4.78, 5) is 17.0. The van der Waals surface area contributed by atoms with Crippen LogP contribution < -0.4 is 0 Å². The van der Waals surface area contributed by atoms with Crippen LogP contribution in [0.15, 0.2) is 22.7 Å². The molecule has 0 radical (unpaired) electrons. The molecule has 3 rings (SSSR count). The zero-order chi connectivity index (χ0) is 15.0. The summed E-state index contributed by atoms with van der Waals surface area (Å²) in [6.07, 6.45) is 3.61. The van der Waals surface area contributed by atoms with Crippen molar-refractivity contribution in [3.63, 3.8) is 0 Å². The highest BCUT2D eigenvalue weighted by molar-refractivity contribution is 9.10. The van der Waals surface area contributed by atoms with Gasteiger partial charge in [-0.3, -0.25) is 9.69 Å². The highest BCUT2D eigenvalue weighted by atomic mass is 79.9. The molecule has 0 aromatic heterocycles. The van der Waals surface area contributed by atoms with E-state index in [0.29, 0.717) is 10.5 Å². The van der Waals surface area contributed by atoms with Gasteiger partial charge in [-0.1, -0.05) is 22.4 Å². The molecule has 2 saturated heterocycles. The Bertz CT molecular complexity index is 551. The molecule has 21 heavy (non-hydrogen) atoms. The minimum Gasteiger partial charge on any atom is -0.333 e. The molecule has 1 aromatic rings. The predicted octanol–water partition coefficient (Wildman–Crippen LogP) is 3.29. The lowest BCUT2D eigenvalue weighted by atomic mass is 9.96. The van der Waals surface area contributed by atoms with Crippen LogP contribution >= 0.6 is 15.9 Å². The van der Waals surface area contributed by atoms with Gasteiger partial charge in [0.05, 0.1) is 5.56 Å². The maximum atomic E-state index is 14.0. The zero-order valence-electron chi connectivity index (χ0n) is 12.2. The van der Waals surface area contributed by atoms with Crippen LogP contribution in [0.1, 0.15) is 36.5 Å². The first-order chi connectivity index (χ1) is 10.1. The van der Waals surface area contributed by atoms with Crippen molar-refractivity contribution in [1.82, 2.24) is 9.80 Å². The molecular formula is C16H20BrFN2O. The van der Waals surface area contributed by atoms with Gasteiger partial charge in [-0.05, 0) is 44.5 Å². The topological polar surface area (TPSA) is 23.6 Å². The van der Waals surface area contributed by atoms with Gasteiger partial charge in [0.1, 0.15) is 5.82 Å². The number of fused-ring (bicyclic) bond motifs is 1. The molecule has 0 bridgehead atoms. The van der Waals surface area contributed by atoms with Gasteiger partial charge in [0.15, 0.2) is 0 Å². The number of nitrogens with zero attached hydrogens (tertiary/aromatic N) is 2. The van der Waals surface area contributed by atoms with E-state index in [1.165, 1.54) is 18.9 Å². The van der Waals surface area contributed by atoms with Gasteiger partial charge in [0.2, 0.25) is 0 Å². The van der Waals surface area contributed by atoms with Crippen molar-refractivity contribution in [3.8, 4) is 0 Å². The van der Waals surface area contributed by atoms with Crippen LogP contribution in [0.4, 0.5) is 4.39 Å². The highest BCUT2D eigenvalue weighted by Crippen LogP contribution is 2.26. The molecule has 5 heteroatoms. The molecule has 2 aliphatic rings. The first kappa shape index (κ1) is 15.0. The largest absolute Gasteiger partial charge is 0.333 e. The second kappa shape index (κ2) is 6.05. The molecular weight excluding hydrogens is 335 g/mol. The number of piperidine rings is 1. The number of amides is 1. The Hall–Kier alpha value is -0.940. The van der Waals surface area contributed by atoms with Crippen molar-refractivity contribution in [2.75, 3.05) is 19.6 Å². The summed E-state index contributed by atoms with van der Waals surface area (Å²) in [5.41, 5.74) is 0.175. The average Bonchev–Trinajstić information content (AvgIpc) is 2.46. The summed E-state index contributed by atoms with van der Waals surface area (Å²) in [6.45, 7) is 4.80. The van der Waals surface area contributed by atoms with Gasteiger partial charge in [-0.25, -0.2) is 4.39 Å². The minimum atomic E-state index is -0.451. The Kier molecular flexibility index (Phi) is 4.31. The van der Waals surface area contributed by atoms with E-state index >= 15 is 0 Å². The fourth-order valence-corrected chi connectivity index (χ4v) is 3.79. The van der Waals surface area contributed by atoms with E-state index in [9.17, 15) is 9.18 Å². The molecule has 0 aliphatic carbocycles. The van der Waals surface area contributed by atoms with E-state index in [0.717, 1.165) is 26.1 Å². The molecule has 2 fully saturated rings. The van der Waals surface area contributed by atoms with Crippen LogP contribution in [0, 0.1) is 5.82 Å². The van der Waals surface area contributed by atoms with Gasteiger partial charge in [-0.15, -0.1) is 0 Å². The summed E-state index contributed by atoms with van der Waals surface area (Å²) in [7, 11) is 0. The Morgan fingerprint density at radius 1 is 1.33 bits per heavy atom. The number of piperazine rings is 1. The molecule has 1 amide bonds. The van der Waals surface area contributed by atoms with Crippen LogP contribution in [0.2, 0.25) is 0 Å². The average molecular weight is 355 g/mol. The van der Waals surface area contributed by atoms with E-state index in [-0.39, 0.29) is 17.5 Å². The van der Waals surface area contributed by atoms with E-state index < -0.39 is 5.82 Å². The molecule has 0 N–H and O–H groups in total. The fraction of sp³-hybridized carbons (Fsp3) is 0.562. The van der Waals surface area contributed by atoms with Gasteiger partial charge in [-0.2, -0.15) is 0 Å². The smallest absolute Gasteiger partial charge is 0.257 e. The molecule has 3 nitrogen and oxygen atoms in total.